The highest BCUT2D eigenvalue weighted by atomic mass is 16.4. The Kier molecular flexibility index (Phi) is 5.85. The van der Waals surface area contributed by atoms with Gasteiger partial charge in [-0.25, -0.2) is 0 Å². The molecule has 0 aliphatic carbocycles. The lowest BCUT2D eigenvalue weighted by Crippen LogP contribution is -2.40. The van der Waals surface area contributed by atoms with Crippen molar-refractivity contribution >= 4 is 11.7 Å². The number of hydrogen-bond acceptors (Lipinski definition) is 3. The highest BCUT2D eigenvalue weighted by Gasteiger charge is 2.23. The highest BCUT2D eigenvalue weighted by molar-refractivity contribution is 6.02. The molecule has 2 unspecified atom stereocenters. The van der Waals surface area contributed by atoms with Crippen molar-refractivity contribution in [1.82, 2.24) is 5.32 Å². The van der Waals surface area contributed by atoms with Gasteiger partial charge in [-0.15, -0.1) is 0 Å². The van der Waals surface area contributed by atoms with Gasteiger partial charge in [0.15, 0.2) is 5.84 Å². The van der Waals surface area contributed by atoms with E-state index in [1.54, 1.807) is 0 Å². The van der Waals surface area contributed by atoms with Crippen LogP contribution in [0.4, 0.5) is 0 Å². The minimum atomic E-state index is -0.595. The molecule has 0 bridgehead atoms. The Morgan fingerprint density at radius 2 is 1.95 bits per heavy atom. The fourth-order valence-corrected chi connectivity index (χ4v) is 1.98. The first kappa shape index (κ1) is 15.0. The zero-order chi connectivity index (χ0) is 14.3. The molecule has 0 radical (unpaired) electrons. The van der Waals surface area contributed by atoms with Gasteiger partial charge < -0.3 is 16.3 Å². The van der Waals surface area contributed by atoms with Crippen LogP contribution in [0, 0.1) is 5.92 Å². The minimum absolute atomic E-state index is 0.0529. The van der Waals surface area contributed by atoms with E-state index in [9.17, 15) is 4.79 Å². The van der Waals surface area contributed by atoms with Crippen molar-refractivity contribution in [2.45, 2.75) is 32.7 Å². The third-order valence-electron chi connectivity index (χ3n) is 3.12. The summed E-state index contributed by atoms with van der Waals surface area (Å²) in [7, 11) is 0. The van der Waals surface area contributed by atoms with Gasteiger partial charge in [-0.3, -0.25) is 4.79 Å². The van der Waals surface area contributed by atoms with E-state index in [4.69, 9.17) is 10.9 Å². The third kappa shape index (κ3) is 3.98. The van der Waals surface area contributed by atoms with Gasteiger partial charge in [0.1, 0.15) is 0 Å². The molecule has 0 spiro atoms. The highest BCUT2D eigenvalue weighted by Crippen LogP contribution is 2.17. The Morgan fingerprint density at radius 1 is 1.32 bits per heavy atom. The number of nitrogens with zero attached hydrogens (tertiary/aromatic N) is 1. The Bertz CT molecular complexity index is 432. The van der Waals surface area contributed by atoms with E-state index < -0.39 is 5.92 Å². The minimum Gasteiger partial charge on any atom is -0.409 e. The fraction of sp³-hybridized carbons (Fsp3) is 0.429. The summed E-state index contributed by atoms with van der Waals surface area (Å²) in [6.07, 6.45) is 1.27. The van der Waals surface area contributed by atoms with Crippen LogP contribution in [0.15, 0.2) is 35.5 Å². The summed E-state index contributed by atoms with van der Waals surface area (Å²) in [4.78, 5) is 12.1. The first-order chi connectivity index (χ1) is 9.13. The van der Waals surface area contributed by atoms with Crippen molar-refractivity contribution in [2.24, 2.45) is 16.8 Å². The van der Waals surface area contributed by atoms with Crippen molar-refractivity contribution in [2.75, 3.05) is 0 Å². The van der Waals surface area contributed by atoms with Gasteiger partial charge in [0.05, 0.1) is 12.0 Å². The smallest absolute Gasteiger partial charge is 0.231 e. The number of rotatable bonds is 6. The first-order valence-electron chi connectivity index (χ1n) is 6.46. The lowest BCUT2D eigenvalue weighted by molar-refractivity contribution is -0.124. The molecule has 104 valence electrons. The molecule has 2 atom stereocenters. The van der Waals surface area contributed by atoms with Crippen LogP contribution in [-0.4, -0.2) is 17.0 Å². The molecule has 0 aromatic heterocycles. The number of oxime groups is 1. The molecule has 0 fully saturated rings. The topological polar surface area (TPSA) is 87.7 Å². The van der Waals surface area contributed by atoms with Gasteiger partial charge >= 0.3 is 0 Å². The maximum absolute atomic E-state index is 12.1. The number of hydrogen-bond donors (Lipinski definition) is 3. The molecule has 0 heterocycles. The number of amides is 1. The molecule has 1 aromatic carbocycles. The maximum Gasteiger partial charge on any atom is 0.231 e. The van der Waals surface area contributed by atoms with Crippen LogP contribution in [0.25, 0.3) is 0 Å². The van der Waals surface area contributed by atoms with Crippen LogP contribution in [-0.2, 0) is 4.79 Å². The van der Waals surface area contributed by atoms with Crippen LogP contribution < -0.4 is 11.1 Å². The summed E-state index contributed by atoms with van der Waals surface area (Å²) >= 11 is 0. The second-order valence-corrected chi connectivity index (χ2v) is 4.37. The van der Waals surface area contributed by atoms with Crippen molar-refractivity contribution in [3.63, 3.8) is 0 Å². The Labute approximate surface area is 113 Å². The molecule has 1 aromatic rings. The van der Waals surface area contributed by atoms with Gasteiger partial charge in [-0.2, -0.15) is 0 Å². The second kappa shape index (κ2) is 7.41. The predicted molar refractivity (Wildman–Crippen MR) is 74.8 cm³/mol. The number of carbonyl (C=O) groups excluding carboxylic acids is 1. The molecular weight excluding hydrogens is 242 g/mol. The second-order valence-electron chi connectivity index (χ2n) is 4.37. The van der Waals surface area contributed by atoms with Crippen molar-refractivity contribution in [1.29, 1.82) is 0 Å². The third-order valence-corrected chi connectivity index (χ3v) is 3.12. The van der Waals surface area contributed by atoms with E-state index in [0.717, 1.165) is 12.0 Å². The van der Waals surface area contributed by atoms with E-state index in [0.29, 0.717) is 6.42 Å². The summed E-state index contributed by atoms with van der Waals surface area (Å²) in [6, 6.07) is 9.69. The normalized spacial score (nSPS) is 14.7. The van der Waals surface area contributed by atoms with Gasteiger partial charge in [-0.1, -0.05) is 49.3 Å². The van der Waals surface area contributed by atoms with Crippen LogP contribution in [0.1, 0.15) is 38.3 Å². The number of benzene rings is 1. The lowest BCUT2D eigenvalue weighted by atomic mass is 10.0. The van der Waals surface area contributed by atoms with E-state index in [1.165, 1.54) is 0 Å². The Hall–Kier alpha value is -2.04. The maximum atomic E-state index is 12.1. The Balaban J connectivity index is 2.79. The summed E-state index contributed by atoms with van der Waals surface area (Å²) in [5.74, 6) is -0.862. The van der Waals surface area contributed by atoms with Crippen LogP contribution in [0.5, 0.6) is 0 Å². The monoisotopic (exact) mass is 263 g/mol. The van der Waals surface area contributed by atoms with Gasteiger partial charge in [0.2, 0.25) is 5.91 Å². The summed E-state index contributed by atoms with van der Waals surface area (Å²) in [5.41, 5.74) is 6.57. The van der Waals surface area contributed by atoms with E-state index in [-0.39, 0.29) is 17.8 Å². The van der Waals surface area contributed by atoms with E-state index in [1.807, 2.05) is 44.2 Å². The van der Waals surface area contributed by atoms with Gasteiger partial charge in [0, 0.05) is 0 Å². The van der Waals surface area contributed by atoms with Crippen LogP contribution in [0.3, 0.4) is 0 Å². The zero-order valence-corrected chi connectivity index (χ0v) is 11.3. The molecule has 0 saturated carbocycles. The van der Waals surface area contributed by atoms with Gasteiger partial charge in [-0.05, 0) is 18.4 Å². The largest absolute Gasteiger partial charge is 0.409 e. The molecule has 5 heteroatoms. The molecule has 1 amide bonds. The van der Waals surface area contributed by atoms with Crippen molar-refractivity contribution in [3.8, 4) is 0 Å². The molecule has 1 rings (SSSR count). The predicted octanol–water partition coefficient (Wildman–Crippen LogP) is 2.03. The zero-order valence-electron chi connectivity index (χ0n) is 11.3. The lowest BCUT2D eigenvalue weighted by Gasteiger charge is -2.21. The fourth-order valence-electron chi connectivity index (χ4n) is 1.98. The first-order valence-corrected chi connectivity index (χ1v) is 6.46. The molecule has 0 saturated heterocycles. The van der Waals surface area contributed by atoms with Crippen molar-refractivity contribution in [3.05, 3.63) is 35.9 Å². The Morgan fingerprint density at radius 3 is 2.42 bits per heavy atom. The van der Waals surface area contributed by atoms with Crippen LogP contribution in [0.2, 0.25) is 0 Å². The molecule has 0 aliphatic heterocycles. The molecule has 4 N–H and O–H groups in total. The summed E-state index contributed by atoms with van der Waals surface area (Å²) < 4.78 is 0. The number of nitrogens with one attached hydrogen (secondary N) is 1. The quantitative estimate of drug-likeness (QED) is 0.317. The number of carbonyl (C=O) groups is 1. The molecule has 0 aliphatic rings. The van der Waals surface area contributed by atoms with E-state index >= 15 is 0 Å². The molecule has 19 heavy (non-hydrogen) atoms. The van der Waals surface area contributed by atoms with E-state index in [2.05, 4.69) is 10.5 Å². The molecular formula is C14H21N3O2. The number of nitrogens with two attached hydrogens (primary N) is 1. The standard InChI is InChI=1S/C14H21N3O2/c1-3-11(13(15)17-19)14(18)16-12(4-2)10-8-6-5-7-9-10/h5-9,11-12,19H,3-4H2,1-2H3,(H2,15,17)(H,16,18). The average Bonchev–Trinajstić information content (AvgIpc) is 2.46. The van der Waals surface area contributed by atoms with Gasteiger partial charge in [0.25, 0.3) is 0 Å². The summed E-state index contributed by atoms with van der Waals surface area (Å²) in [6.45, 7) is 3.83. The average molecular weight is 263 g/mol. The molecule has 5 nitrogen and oxygen atoms in total. The summed E-state index contributed by atoms with van der Waals surface area (Å²) in [5, 5.41) is 14.5. The van der Waals surface area contributed by atoms with Crippen molar-refractivity contribution < 1.29 is 10.0 Å². The number of amidine groups is 1. The van der Waals surface area contributed by atoms with Crippen LogP contribution >= 0.6 is 0 Å². The SMILES string of the molecule is CCC(C(=O)NC(CC)c1ccccc1)C(N)=NO.